The molecule has 3 heterocycles. The molecule has 1 atom stereocenters. The fourth-order valence-corrected chi connectivity index (χ4v) is 4.71. The van der Waals surface area contributed by atoms with Crippen LogP contribution in [0.5, 0.6) is 11.8 Å². The number of hydrogen-bond donors (Lipinski definition) is 1. The highest BCUT2D eigenvalue weighted by atomic mass is 35.5. The SMILES string of the molecule is C[C@]1(COc2ccc(N3CCC(COC(=O)Nc4ccc(Cl)cc4)CC3)cc2)Cn2cc([N+](=O)[O-])nc2O1. The maximum atomic E-state index is 12.1. The molecule has 200 valence electrons. The lowest BCUT2D eigenvalue weighted by Gasteiger charge is -2.33. The molecule has 1 aromatic heterocycles. The van der Waals surface area contributed by atoms with E-state index in [-0.39, 0.29) is 18.4 Å². The van der Waals surface area contributed by atoms with Crippen molar-refractivity contribution in [2.75, 3.05) is 36.5 Å². The molecule has 1 N–H and O–H groups in total. The smallest absolute Gasteiger partial charge is 0.415 e. The number of imidazole rings is 1. The average molecular weight is 542 g/mol. The van der Waals surface area contributed by atoms with Crippen LogP contribution in [-0.4, -0.2) is 52.5 Å². The van der Waals surface area contributed by atoms with Gasteiger partial charge in [0.15, 0.2) is 5.60 Å². The molecule has 5 rings (SSSR count). The van der Waals surface area contributed by atoms with Crippen LogP contribution in [0.4, 0.5) is 22.0 Å². The van der Waals surface area contributed by atoms with Gasteiger partial charge >= 0.3 is 17.9 Å². The number of hydrogen-bond acceptors (Lipinski definition) is 8. The molecule has 0 aliphatic carbocycles. The topological polar surface area (TPSA) is 121 Å². The van der Waals surface area contributed by atoms with E-state index in [1.807, 2.05) is 31.2 Å². The highest BCUT2D eigenvalue weighted by Gasteiger charge is 2.41. The van der Waals surface area contributed by atoms with Gasteiger partial charge in [0.1, 0.15) is 18.6 Å². The van der Waals surface area contributed by atoms with Crippen LogP contribution in [0.25, 0.3) is 0 Å². The van der Waals surface area contributed by atoms with Crippen molar-refractivity contribution in [3.8, 4) is 11.8 Å². The lowest BCUT2D eigenvalue weighted by molar-refractivity contribution is -0.389. The predicted molar refractivity (Wildman–Crippen MR) is 141 cm³/mol. The van der Waals surface area contributed by atoms with Gasteiger partial charge in [-0.05, 0) is 79.1 Å². The Bertz CT molecular complexity index is 1260. The molecule has 0 unspecified atom stereocenters. The van der Waals surface area contributed by atoms with Crippen LogP contribution in [0, 0.1) is 16.0 Å². The molecule has 0 radical (unpaired) electrons. The molecular formula is C26H28ClN5O6. The lowest BCUT2D eigenvalue weighted by Crippen LogP contribution is -2.38. The maximum Gasteiger partial charge on any atom is 0.415 e. The number of nitrogens with one attached hydrogen (secondary N) is 1. The summed E-state index contributed by atoms with van der Waals surface area (Å²) in [6, 6.07) is 15.0. The minimum absolute atomic E-state index is 0.227. The van der Waals surface area contributed by atoms with Crippen molar-refractivity contribution in [3.63, 3.8) is 0 Å². The number of benzene rings is 2. The van der Waals surface area contributed by atoms with Gasteiger partial charge in [0, 0.05) is 34.5 Å². The van der Waals surface area contributed by atoms with E-state index in [9.17, 15) is 14.9 Å². The van der Waals surface area contributed by atoms with E-state index >= 15 is 0 Å². The van der Waals surface area contributed by atoms with Crippen molar-refractivity contribution in [1.29, 1.82) is 0 Å². The summed E-state index contributed by atoms with van der Waals surface area (Å²) < 4.78 is 18.8. The van der Waals surface area contributed by atoms with Crippen LogP contribution in [0.2, 0.25) is 5.02 Å². The van der Waals surface area contributed by atoms with E-state index in [0.29, 0.717) is 35.5 Å². The van der Waals surface area contributed by atoms with E-state index in [4.69, 9.17) is 25.8 Å². The minimum Gasteiger partial charge on any atom is -0.489 e. The van der Waals surface area contributed by atoms with Crippen LogP contribution in [-0.2, 0) is 11.3 Å². The molecule has 0 spiro atoms. The molecule has 38 heavy (non-hydrogen) atoms. The Morgan fingerprint density at radius 1 is 1.21 bits per heavy atom. The van der Waals surface area contributed by atoms with Gasteiger partial charge in [-0.3, -0.25) is 9.88 Å². The summed E-state index contributed by atoms with van der Waals surface area (Å²) in [7, 11) is 0. The van der Waals surface area contributed by atoms with Crippen LogP contribution < -0.4 is 19.7 Å². The van der Waals surface area contributed by atoms with Crippen LogP contribution in [0.3, 0.4) is 0 Å². The van der Waals surface area contributed by atoms with Crippen molar-refractivity contribution < 1.29 is 23.9 Å². The maximum absolute atomic E-state index is 12.1. The average Bonchev–Trinajstić information content (AvgIpc) is 3.44. The molecule has 2 aliphatic heterocycles. The molecule has 0 saturated carbocycles. The van der Waals surface area contributed by atoms with E-state index in [1.54, 1.807) is 28.8 Å². The Morgan fingerprint density at radius 3 is 2.58 bits per heavy atom. The quantitative estimate of drug-likeness (QED) is 0.307. The summed E-state index contributed by atoms with van der Waals surface area (Å²) >= 11 is 5.86. The zero-order valence-electron chi connectivity index (χ0n) is 20.8. The summed E-state index contributed by atoms with van der Waals surface area (Å²) in [6.45, 7) is 4.71. The van der Waals surface area contributed by atoms with Gasteiger partial charge in [-0.15, -0.1) is 0 Å². The van der Waals surface area contributed by atoms with Gasteiger partial charge in [0.05, 0.1) is 13.2 Å². The summed E-state index contributed by atoms with van der Waals surface area (Å²) in [5, 5.41) is 14.2. The summed E-state index contributed by atoms with van der Waals surface area (Å²) in [5.74, 6) is 0.798. The number of aromatic nitrogens is 2. The molecule has 2 aromatic carbocycles. The molecule has 0 bridgehead atoms. The number of carbonyl (C=O) groups is 1. The van der Waals surface area contributed by atoms with Gasteiger partial charge in [-0.2, -0.15) is 0 Å². The molecule has 2 aliphatic rings. The minimum atomic E-state index is -0.661. The molecular weight excluding hydrogens is 514 g/mol. The number of fused-ring (bicyclic) bond motifs is 1. The van der Waals surface area contributed by atoms with Gasteiger partial charge in [0.25, 0.3) is 0 Å². The van der Waals surface area contributed by atoms with Crippen molar-refractivity contribution in [2.45, 2.75) is 31.9 Å². The first-order valence-corrected chi connectivity index (χ1v) is 12.7. The number of rotatable bonds is 8. The fraction of sp³-hybridized carbons (Fsp3) is 0.385. The van der Waals surface area contributed by atoms with Gasteiger partial charge < -0.3 is 29.2 Å². The molecule has 3 aromatic rings. The van der Waals surface area contributed by atoms with Crippen molar-refractivity contribution >= 4 is 34.9 Å². The van der Waals surface area contributed by atoms with Crippen molar-refractivity contribution in [3.05, 3.63) is 69.9 Å². The molecule has 11 nitrogen and oxygen atoms in total. The Kier molecular flexibility index (Phi) is 7.28. The fourth-order valence-electron chi connectivity index (χ4n) is 4.58. The van der Waals surface area contributed by atoms with Crippen LogP contribution >= 0.6 is 11.6 Å². The van der Waals surface area contributed by atoms with Crippen molar-refractivity contribution in [1.82, 2.24) is 9.55 Å². The monoisotopic (exact) mass is 541 g/mol. The molecule has 1 amide bonds. The summed E-state index contributed by atoms with van der Waals surface area (Å²) in [6.07, 6.45) is 2.76. The van der Waals surface area contributed by atoms with Gasteiger partial charge in [-0.25, -0.2) is 4.79 Å². The number of halogens is 1. The van der Waals surface area contributed by atoms with E-state index < -0.39 is 16.6 Å². The van der Waals surface area contributed by atoms with E-state index in [0.717, 1.165) is 31.6 Å². The zero-order valence-corrected chi connectivity index (χ0v) is 21.6. The normalized spacial score (nSPS) is 18.9. The van der Waals surface area contributed by atoms with Crippen LogP contribution in [0.15, 0.2) is 54.7 Å². The van der Waals surface area contributed by atoms with E-state index in [1.165, 1.54) is 6.20 Å². The highest BCUT2D eigenvalue weighted by molar-refractivity contribution is 6.30. The number of anilines is 2. The number of ether oxygens (including phenoxy) is 3. The van der Waals surface area contributed by atoms with Crippen LogP contribution in [0.1, 0.15) is 19.8 Å². The Morgan fingerprint density at radius 2 is 1.92 bits per heavy atom. The summed E-state index contributed by atoms with van der Waals surface area (Å²) in [5.41, 5.74) is 1.09. The zero-order chi connectivity index (χ0) is 26.7. The molecule has 1 saturated heterocycles. The second-order valence-electron chi connectivity index (χ2n) is 9.76. The number of nitro groups is 1. The Hall–Kier alpha value is -3.99. The second-order valence-corrected chi connectivity index (χ2v) is 10.2. The van der Waals surface area contributed by atoms with E-state index in [2.05, 4.69) is 15.2 Å². The molecule has 12 heteroatoms. The largest absolute Gasteiger partial charge is 0.489 e. The first-order valence-electron chi connectivity index (χ1n) is 12.3. The first kappa shape index (κ1) is 25.7. The molecule has 1 fully saturated rings. The lowest BCUT2D eigenvalue weighted by atomic mass is 9.97. The third kappa shape index (κ3) is 6.10. The third-order valence-electron chi connectivity index (χ3n) is 6.66. The van der Waals surface area contributed by atoms with Gasteiger partial charge in [-0.1, -0.05) is 11.6 Å². The number of nitrogens with zero attached hydrogens (tertiary/aromatic N) is 4. The Labute approximate surface area is 224 Å². The number of amides is 1. The van der Waals surface area contributed by atoms with Gasteiger partial charge in [0.2, 0.25) is 0 Å². The number of piperidine rings is 1. The predicted octanol–water partition coefficient (Wildman–Crippen LogP) is 5.14. The second kappa shape index (κ2) is 10.8. The Balaban J connectivity index is 1.04. The standard InChI is InChI=1S/C26H28ClN5O6/c1-26(16-31-14-23(32(34)35)29-24(31)38-26)17-37-22-8-6-21(7-9-22)30-12-10-18(11-13-30)15-36-25(33)28-20-4-2-19(27)3-5-20/h2-9,14,18H,10-13,15-17H2,1H3,(H,28,33)/t26-/m1/s1. The van der Waals surface area contributed by atoms with Crippen molar-refractivity contribution in [2.24, 2.45) is 5.92 Å². The number of carbonyl (C=O) groups excluding carboxylic acids is 1. The first-order chi connectivity index (χ1) is 18.3. The third-order valence-corrected chi connectivity index (χ3v) is 6.91. The summed E-state index contributed by atoms with van der Waals surface area (Å²) in [4.78, 5) is 28.6. The highest BCUT2D eigenvalue weighted by Crippen LogP contribution is 2.32.